The van der Waals surface area contributed by atoms with Gasteiger partial charge in [-0.05, 0) is 29.3 Å². The van der Waals surface area contributed by atoms with Crippen molar-refractivity contribution in [2.75, 3.05) is 0 Å². The predicted molar refractivity (Wildman–Crippen MR) is 109 cm³/mol. The van der Waals surface area contributed by atoms with Gasteiger partial charge in [-0.3, -0.25) is 19.9 Å². The van der Waals surface area contributed by atoms with Gasteiger partial charge in [-0.1, -0.05) is 19.9 Å². The van der Waals surface area contributed by atoms with Gasteiger partial charge in [0.05, 0.1) is 11.1 Å². The molecule has 0 spiro atoms. The maximum Gasteiger partial charge on any atom is 0.417 e. The number of hydrogen-bond donors (Lipinski definition) is 3. The van der Waals surface area contributed by atoms with E-state index in [1.165, 1.54) is 12.1 Å². The fourth-order valence-electron chi connectivity index (χ4n) is 3.50. The van der Waals surface area contributed by atoms with Crippen LogP contribution in [0.2, 0.25) is 0 Å². The van der Waals surface area contributed by atoms with E-state index in [1.807, 2.05) is 0 Å². The van der Waals surface area contributed by atoms with Crippen molar-refractivity contribution in [3.63, 3.8) is 0 Å². The van der Waals surface area contributed by atoms with Crippen LogP contribution in [0, 0.1) is 5.92 Å². The smallest absolute Gasteiger partial charge is 0.352 e. The Hall–Kier alpha value is -3.15. The number of alkyl halides is 6. The Morgan fingerprint density at radius 1 is 1.12 bits per heavy atom. The molecule has 6 nitrogen and oxygen atoms in total. The van der Waals surface area contributed by atoms with Crippen LogP contribution in [0.15, 0.2) is 36.7 Å². The molecular weight excluding hydrogens is 466 g/mol. The molecule has 1 aromatic carbocycles. The third-order valence-corrected chi connectivity index (χ3v) is 5.28. The van der Waals surface area contributed by atoms with E-state index >= 15 is 0 Å². The molecule has 1 aliphatic rings. The molecule has 0 saturated carbocycles. The molecule has 3 rings (SSSR count). The number of halogens is 6. The Morgan fingerprint density at radius 3 is 2.44 bits per heavy atom. The number of nitrogens with one attached hydrogen (secondary N) is 3. The lowest BCUT2D eigenvalue weighted by Crippen LogP contribution is -2.47. The van der Waals surface area contributed by atoms with Crippen LogP contribution in [0.1, 0.15) is 60.3 Å². The molecule has 0 aliphatic carbocycles. The zero-order valence-corrected chi connectivity index (χ0v) is 18.1. The van der Waals surface area contributed by atoms with Crippen LogP contribution in [0.4, 0.5) is 26.3 Å². The van der Waals surface area contributed by atoms with Crippen molar-refractivity contribution in [2.45, 2.75) is 51.4 Å². The summed E-state index contributed by atoms with van der Waals surface area (Å²) in [5.74, 6) is -1.25. The Balaban J connectivity index is 1.94. The highest BCUT2D eigenvalue weighted by Gasteiger charge is 2.38. The molecule has 0 radical (unpaired) electrons. The second-order valence-corrected chi connectivity index (χ2v) is 8.22. The predicted octanol–water partition coefficient (Wildman–Crippen LogP) is 4.24. The van der Waals surface area contributed by atoms with Crippen LogP contribution in [-0.4, -0.2) is 16.8 Å². The van der Waals surface area contributed by atoms with Gasteiger partial charge >= 0.3 is 12.4 Å². The summed E-state index contributed by atoms with van der Waals surface area (Å²) >= 11 is 0. The summed E-state index contributed by atoms with van der Waals surface area (Å²) in [5, 5.41) is 7.82. The minimum Gasteiger partial charge on any atom is -0.352 e. The van der Waals surface area contributed by atoms with Crippen LogP contribution in [0.3, 0.4) is 0 Å². The van der Waals surface area contributed by atoms with Gasteiger partial charge in [0.25, 0.3) is 0 Å². The van der Waals surface area contributed by atoms with Crippen LogP contribution in [0.5, 0.6) is 0 Å². The molecule has 0 bridgehead atoms. The summed E-state index contributed by atoms with van der Waals surface area (Å²) in [7, 11) is 0. The zero-order chi connectivity index (χ0) is 25.3. The fourth-order valence-corrected chi connectivity index (χ4v) is 3.50. The molecule has 2 unspecified atom stereocenters. The topological polar surface area (TPSA) is 83.1 Å². The van der Waals surface area contributed by atoms with Crippen molar-refractivity contribution in [1.29, 1.82) is 0 Å². The molecular formula is C22H22F6N4O2. The number of carbonyl (C=O) groups is 2. The van der Waals surface area contributed by atoms with Gasteiger partial charge in [0.1, 0.15) is 6.17 Å². The van der Waals surface area contributed by atoms with Crippen LogP contribution in [-0.2, 0) is 28.5 Å². The van der Waals surface area contributed by atoms with Crippen LogP contribution >= 0.6 is 0 Å². The first-order chi connectivity index (χ1) is 15.8. The second-order valence-electron chi connectivity index (χ2n) is 8.22. The number of pyridine rings is 1. The minimum absolute atomic E-state index is 0.0172. The van der Waals surface area contributed by atoms with Gasteiger partial charge in [-0.25, -0.2) is 0 Å². The summed E-state index contributed by atoms with van der Waals surface area (Å²) in [6.45, 7) is 3.29. The quantitative estimate of drug-likeness (QED) is 0.550. The van der Waals surface area contributed by atoms with Crippen LogP contribution < -0.4 is 16.0 Å². The van der Waals surface area contributed by atoms with Crippen molar-refractivity contribution in [3.8, 4) is 0 Å². The van der Waals surface area contributed by atoms with Gasteiger partial charge in [0.15, 0.2) is 0 Å². The van der Waals surface area contributed by atoms with Gasteiger partial charge in [-0.2, -0.15) is 26.3 Å². The zero-order valence-electron chi connectivity index (χ0n) is 18.1. The van der Waals surface area contributed by atoms with Gasteiger partial charge in [0, 0.05) is 42.9 Å². The largest absolute Gasteiger partial charge is 0.417 e. The maximum absolute atomic E-state index is 13.7. The number of aromatic nitrogens is 1. The molecule has 12 heteroatoms. The molecule has 3 N–H and O–H groups in total. The highest BCUT2D eigenvalue weighted by molar-refractivity contribution is 5.78. The minimum atomic E-state index is -4.76. The summed E-state index contributed by atoms with van der Waals surface area (Å²) in [6, 6.07) is 3.07. The fraction of sp³-hybridized carbons (Fsp3) is 0.409. The summed E-state index contributed by atoms with van der Waals surface area (Å²) in [5.41, 5.74) is -2.00. The van der Waals surface area contributed by atoms with E-state index in [1.54, 1.807) is 13.8 Å². The van der Waals surface area contributed by atoms with E-state index in [9.17, 15) is 35.9 Å². The molecule has 1 saturated heterocycles. The lowest BCUT2D eigenvalue weighted by Gasteiger charge is -2.33. The monoisotopic (exact) mass is 488 g/mol. The number of carbonyl (C=O) groups excluding carboxylic acids is 2. The number of nitrogens with zero attached hydrogens (tertiary/aromatic N) is 1. The van der Waals surface area contributed by atoms with Gasteiger partial charge < -0.3 is 10.6 Å². The normalized spacial score (nSPS) is 19.1. The molecule has 2 heterocycles. The van der Waals surface area contributed by atoms with Crippen molar-refractivity contribution in [2.24, 2.45) is 5.92 Å². The lowest BCUT2D eigenvalue weighted by molar-refractivity contribution is -0.139. The first-order valence-electron chi connectivity index (χ1n) is 10.3. The Morgan fingerprint density at radius 2 is 1.82 bits per heavy atom. The Bertz CT molecular complexity index is 1070. The first-order valence-corrected chi connectivity index (χ1v) is 10.3. The van der Waals surface area contributed by atoms with E-state index in [0.29, 0.717) is 11.8 Å². The van der Waals surface area contributed by atoms with E-state index in [2.05, 4.69) is 20.9 Å². The summed E-state index contributed by atoms with van der Waals surface area (Å²) in [4.78, 5) is 27.7. The van der Waals surface area contributed by atoms with Crippen molar-refractivity contribution < 1.29 is 35.9 Å². The van der Waals surface area contributed by atoms with Gasteiger partial charge in [-0.15, -0.1) is 0 Å². The number of rotatable bonds is 5. The molecule has 2 atom stereocenters. The van der Waals surface area contributed by atoms with E-state index in [-0.39, 0.29) is 35.9 Å². The molecule has 2 amide bonds. The molecule has 1 fully saturated rings. The second kappa shape index (κ2) is 9.61. The van der Waals surface area contributed by atoms with E-state index in [4.69, 9.17) is 0 Å². The Kier molecular flexibility index (Phi) is 7.20. The molecule has 34 heavy (non-hydrogen) atoms. The first kappa shape index (κ1) is 25.5. The Labute approximate surface area is 191 Å². The average Bonchev–Trinajstić information content (AvgIpc) is 2.75. The maximum atomic E-state index is 13.7. The molecule has 1 aromatic heterocycles. The van der Waals surface area contributed by atoms with Crippen molar-refractivity contribution >= 4 is 11.8 Å². The summed E-state index contributed by atoms with van der Waals surface area (Å²) in [6.07, 6.45) is -9.29. The lowest BCUT2D eigenvalue weighted by atomic mass is 9.95. The summed E-state index contributed by atoms with van der Waals surface area (Å²) < 4.78 is 80.3. The SMILES string of the molecule is CC(C)C(=O)NCc1ccc(C(F)(F)F)c(C2NC(=O)CC(c3cncc(C(F)(F)F)c3)N2)c1. The molecule has 1 aliphatic heterocycles. The highest BCUT2D eigenvalue weighted by atomic mass is 19.4. The standard InChI is InChI=1S/C22H22F6N4O2/c1-11(2)20(34)30-8-12-3-4-16(22(26,27)28)15(5-12)19-31-17(7-18(33)32-19)13-6-14(10-29-9-13)21(23,24)25/h3-6,9-11,17,19,31H,7-8H2,1-2H3,(H,30,34)(H,32,33). The number of hydrogen-bond acceptors (Lipinski definition) is 4. The third-order valence-electron chi connectivity index (χ3n) is 5.28. The van der Waals surface area contributed by atoms with Gasteiger partial charge in [0.2, 0.25) is 11.8 Å². The van der Waals surface area contributed by atoms with E-state index < -0.39 is 41.6 Å². The number of benzene rings is 1. The van der Waals surface area contributed by atoms with E-state index in [0.717, 1.165) is 18.3 Å². The average molecular weight is 488 g/mol. The van der Waals surface area contributed by atoms with Crippen molar-refractivity contribution in [3.05, 3.63) is 64.5 Å². The van der Waals surface area contributed by atoms with Crippen molar-refractivity contribution in [1.82, 2.24) is 20.9 Å². The molecule has 184 valence electrons. The third kappa shape index (κ3) is 6.04. The highest BCUT2D eigenvalue weighted by Crippen LogP contribution is 2.37. The molecule has 2 aromatic rings. The van der Waals surface area contributed by atoms with Crippen LogP contribution in [0.25, 0.3) is 0 Å². The number of amides is 2.